The number of benzene rings is 1. The summed E-state index contributed by atoms with van der Waals surface area (Å²) in [5.41, 5.74) is 0.629. The molecule has 0 aliphatic carbocycles. The van der Waals surface area contributed by atoms with Crippen LogP contribution >= 0.6 is 24.2 Å². The van der Waals surface area contributed by atoms with Crippen LogP contribution in [0.1, 0.15) is 42.1 Å². The Morgan fingerprint density at radius 1 is 1.27 bits per heavy atom. The fourth-order valence-corrected chi connectivity index (χ4v) is 5.29. The zero-order valence-electron chi connectivity index (χ0n) is 18.8. The summed E-state index contributed by atoms with van der Waals surface area (Å²) >= 11 is 1.52. The molecule has 2 atom stereocenters. The highest BCUT2D eigenvalue weighted by Gasteiger charge is 2.49. The number of aromatic nitrogens is 1. The van der Waals surface area contributed by atoms with E-state index in [1.165, 1.54) is 11.8 Å². The van der Waals surface area contributed by atoms with Crippen LogP contribution in [0.4, 0.5) is 0 Å². The maximum absolute atomic E-state index is 13.3. The molecule has 0 radical (unpaired) electrons. The first kappa shape index (κ1) is 25.7. The van der Waals surface area contributed by atoms with Gasteiger partial charge in [-0.25, -0.2) is 4.98 Å². The summed E-state index contributed by atoms with van der Waals surface area (Å²) < 4.78 is 6.06. The molecule has 2 fully saturated rings. The Morgan fingerprint density at radius 2 is 2.03 bits per heavy atom. The van der Waals surface area contributed by atoms with Crippen LogP contribution in [0.25, 0.3) is 6.08 Å². The number of pyridine rings is 1. The lowest BCUT2D eigenvalue weighted by Crippen LogP contribution is -2.65. The molecule has 0 bridgehead atoms. The van der Waals surface area contributed by atoms with Gasteiger partial charge in [0.15, 0.2) is 0 Å². The van der Waals surface area contributed by atoms with E-state index in [2.05, 4.69) is 39.9 Å². The van der Waals surface area contributed by atoms with Gasteiger partial charge in [-0.2, -0.15) is 0 Å². The Morgan fingerprint density at radius 3 is 2.79 bits per heavy atom. The molecule has 0 unspecified atom stereocenters. The van der Waals surface area contributed by atoms with E-state index in [0.29, 0.717) is 22.8 Å². The second-order valence-corrected chi connectivity index (χ2v) is 9.80. The summed E-state index contributed by atoms with van der Waals surface area (Å²) in [5, 5.41) is 17.9. The summed E-state index contributed by atoms with van der Waals surface area (Å²) in [6.45, 7) is 3.93. The molecule has 6 nitrogen and oxygen atoms in total. The van der Waals surface area contributed by atoms with Gasteiger partial charge >= 0.3 is 0 Å². The molecular weight excluding hydrogens is 458 g/mol. The van der Waals surface area contributed by atoms with Crippen LogP contribution in [-0.4, -0.2) is 58.7 Å². The quantitative estimate of drug-likeness (QED) is 0.537. The number of aliphatic hydroxyl groups excluding tert-OH is 1. The molecular formula is C25H32ClN3O3S. The molecule has 1 aromatic carbocycles. The van der Waals surface area contributed by atoms with Crippen molar-refractivity contribution in [3.05, 3.63) is 65.9 Å². The summed E-state index contributed by atoms with van der Waals surface area (Å²) in [4.78, 5) is 17.7. The van der Waals surface area contributed by atoms with Gasteiger partial charge in [-0.15, -0.1) is 24.2 Å². The van der Waals surface area contributed by atoms with Gasteiger partial charge in [-0.3, -0.25) is 4.79 Å². The van der Waals surface area contributed by atoms with Crippen molar-refractivity contribution in [3.63, 3.8) is 0 Å². The number of amides is 1. The lowest BCUT2D eigenvalue weighted by molar-refractivity contribution is -0.169. The standard InChI is InChI=1S/C25H31N3O3S.ClH/c1-24(18-25(31-17-21(24)29)11-14-26-15-12-25)28-22(30)20-10-5-13-27-23(20)32-16-6-9-19-7-3-2-4-8-19;/h2-10,13,21,26,29H,11-12,14-18H2,1H3,(H,28,30);1H/b9-6+;/t21-,24-;/m0./s1. The third kappa shape index (κ3) is 6.37. The van der Waals surface area contributed by atoms with Crippen molar-refractivity contribution in [1.29, 1.82) is 0 Å². The largest absolute Gasteiger partial charge is 0.388 e. The zero-order valence-corrected chi connectivity index (χ0v) is 20.5. The number of carbonyl (C=O) groups excluding carboxylic acids is 1. The Hall–Kier alpha value is -1.90. The maximum atomic E-state index is 13.3. The topological polar surface area (TPSA) is 83.5 Å². The highest BCUT2D eigenvalue weighted by Crippen LogP contribution is 2.38. The van der Waals surface area contributed by atoms with Crippen LogP contribution in [0.5, 0.6) is 0 Å². The van der Waals surface area contributed by atoms with Gasteiger partial charge in [0.1, 0.15) is 11.1 Å². The number of nitrogens with one attached hydrogen (secondary N) is 2. The molecule has 2 aliphatic heterocycles. The van der Waals surface area contributed by atoms with Crippen molar-refractivity contribution >= 4 is 36.2 Å². The van der Waals surface area contributed by atoms with E-state index in [1.54, 1.807) is 18.3 Å². The van der Waals surface area contributed by atoms with Gasteiger partial charge in [0.05, 0.1) is 23.3 Å². The van der Waals surface area contributed by atoms with Crippen LogP contribution in [0.3, 0.4) is 0 Å². The minimum absolute atomic E-state index is 0. The van der Waals surface area contributed by atoms with E-state index >= 15 is 0 Å². The van der Waals surface area contributed by atoms with Crippen molar-refractivity contribution < 1.29 is 14.6 Å². The number of carbonyl (C=O) groups is 1. The first-order chi connectivity index (χ1) is 15.5. The van der Waals surface area contributed by atoms with Crippen LogP contribution < -0.4 is 10.6 Å². The van der Waals surface area contributed by atoms with Gasteiger partial charge in [0, 0.05) is 18.4 Å². The SMILES string of the molecule is C[C@]1(NC(=O)c2cccnc2SC/C=C/c2ccccc2)CC2(CCNCC2)OC[C@@H]1O.Cl. The smallest absolute Gasteiger partial charge is 0.254 e. The van der Waals surface area contributed by atoms with Crippen molar-refractivity contribution in [1.82, 2.24) is 15.6 Å². The number of aliphatic hydroxyl groups is 1. The van der Waals surface area contributed by atoms with E-state index in [-0.39, 0.29) is 30.5 Å². The molecule has 2 aliphatic rings. The highest BCUT2D eigenvalue weighted by molar-refractivity contribution is 7.99. The van der Waals surface area contributed by atoms with E-state index in [0.717, 1.165) is 31.5 Å². The molecule has 2 saturated heterocycles. The first-order valence-electron chi connectivity index (χ1n) is 11.1. The lowest BCUT2D eigenvalue weighted by atomic mass is 9.75. The number of halogens is 1. The van der Waals surface area contributed by atoms with E-state index in [4.69, 9.17) is 4.74 Å². The van der Waals surface area contributed by atoms with Crippen molar-refractivity contribution in [2.75, 3.05) is 25.4 Å². The van der Waals surface area contributed by atoms with E-state index < -0.39 is 11.6 Å². The highest BCUT2D eigenvalue weighted by atomic mass is 35.5. The summed E-state index contributed by atoms with van der Waals surface area (Å²) in [6.07, 6.45) is 7.44. The molecule has 178 valence electrons. The molecule has 0 saturated carbocycles. The average Bonchev–Trinajstić information content (AvgIpc) is 2.81. The van der Waals surface area contributed by atoms with Crippen molar-refractivity contribution in [3.8, 4) is 0 Å². The first-order valence-corrected chi connectivity index (χ1v) is 12.1. The van der Waals surface area contributed by atoms with Crippen molar-refractivity contribution in [2.45, 2.75) is 48.5 Å². The molecule has 3 heterocycles. The number of hydrogen-bond acceptors (Lipinski definition) is 6. The van der Waals surface area contributed by atoms with Gasteiger partial charge in [0.25, 0.3) is 5.91 Å². The van der Waals surface area contributed by atoms with Crippen molar-refractivity contribution in [2.24, 2.45) is 0 Å². The summed E-state index contributed by atoms with van der Waals surface area (Å²) in [5.74, 6) is 0.496. The zero-order chi connectivity index (χ0) is 22.4. The Balaban J connectivity index is 0.00000306. The number of thioether (sulfide) groups is 1. The normalized spacial score (nSPS) is 24.4. The Kier molecular flexibility index (Phi) is 8.95. The summed E-state index contributed by atoms with van der Waals surface area (Å²) in [7, 11) is 0. The van der Waals surface area contributed by atoms with Gasteiger partial charge < -0.3 is 20.5 Å². The van der Waals surface area contributed by atoms with Crippen LogP contribution in [0, 0.1) is 0 Å². The predicted molar refractivity (Wildman–Crippen MR) is 135 cm³/mol. The average molecular weight is 490 g/mol. The number of nitrogens with zero attached hydrogens (tertiary/aromatic N) is 1. The van der Waals surface area contributed by atoms with Gasteiger partial charge in [0.2, 0.25) is 0 Å². The van der Waals surface area contributed by atoms with Gasteiger partial charge in [-0.1, -0.05) is 42.5 Å². The monoisotopic (exact) mass is 489 g/mol. The lowest BCUT2D eigenvalue weighted by Gasteiger charge is -2.50. The molecule has 33 heavy (non-hydrogen) atoms. The van der Waals surface area contributed by atoms with Crippen LogP contribution in [0.15, 0.2) is 59.8 Å². The Labute approximate surface area is 206 Å². The molecule has 4 rings (SSSR count). The van der Waals surface area contributed by atoms with Gasteiger partial charge in [-0.05, 0) is 50.6 Å². The van der Waals surface area contributed by atoms with Crippen LogP contribution in [-0.2, 0) is 4.74 Å². The van der Waals surface area contributed by atoms with E-state index in [1.807, 2.05) is 25.1 Å². The minimum Gasteiger partial charge on any atom is -0.388 e. The molecule has 1 amide bonds. The molecule has 1 aromatic heterocycles. The minimum atomic E-state index is -0.756. The van der Waals surface area contributed by atoms with E-state index in [9.17, 15) is 9.90 Å². The van der Waals surface area contributed by atoms with Crippen LogP contribution in [0.2, 0.25) is 0 Å². The second-order valence-electron chi connectivity index (χ2n) is 8.79. The Bertz CT molecular complexity index is 953. The third-order valence-corrected chi connectivity index (χ3v) is 7.29. The molecule has 2 aromatic rings. The predicted octanol–water partition coefficient (Wildman–Crippen LogP) is 3.70. The number of piperidine rings is 1. The number of ether oxygens (including phenoxy) is 1. The fraction of sp³-hybridized carbons (Fsp3) is 0.440. The number of rotatable bonds is 6. The fourth-order valence-electron chi connectivity index (χ4n) is 4.49. The summed E-state index contributed by atoms with van der Waals surface area (Å²) in [6, 6.07) is 13.7. The second kappa shape index (κ2) is 11.5. The molecule has 3 N–H and O–H groups in total. The number of hydrogen-bond donors (Lipinski definition) is 3. The molecule has 8 heteroatoms. The maximum Gasteiger partial charge on any atom is 0.254 e. The molecule has 1 spiro atoms. The third-order valence-electron chi connectivity index (χ3n) is 6.33.